The molecule has 0 radical (unpaired) electrons. The fraction of sp³-hybridized carbons (Fsp3) is 0. The molecule has 0 unspecified atom stereocenters. The van der Waals surface area contributed by atoms with Crippen LogP contribution in [0, 0.1) is 0 Å². The molecule has 0 bridgehead atoms. The van der Waals surface area contributed by atoms with E-state index in [1.165, 1.54) is 44.2 Å². The Morgan fingerprint density at radius 1 is 0.314 bits per heavy atom. The van der Waals surface area contributed by atoms with Gasteiger partial charge in [0.05, 0.1) is 0 Å². The zero-order valence-corrected chi connectivity index (χ0v) is 19.4. The first-order valence-corrected chi connectivity index (χ1v) is 12.0. The van der Waals surface area contributed by atoms with Crippen molar-refractivity contribution in [3.05, 3.63) is 146 Å². The number of hydrogen-bond acceptors (Lipinski definition) is 1. The van der Waals surface area contributed by atoms with E-state index < -0.39 is 0 Å². The maximum atomic E-state index is 3.61. The molecule has 0 aliphatic heterocycles. The van der Waals surface area contributed by atoms with E-state index >= 15 is 0 Å². The third-order valence-electron chi connectivity index (χ3n) is 6.44. The fourth-order valence-corrected chi connectivity index (χ4v) is 4.76. The van der Waals surface area contributed by atoms with Gasteiger partial charge in [0.15, 0.2) is 0 Å². The van der Waals surface area contributed by atoms with Crippen LogP contribution in [0.3, 0.4) is 0 Å². The number of benzene rings is 6. The highest BCUT2D eigenvalue weighted by atomic mass is 14.9. The second-order valence-electron chi connectivity index (χ2n) is 8.72. The Balaban J connectivity index is 1.36. The van der Waals surface area contributed by atoms with Gasteiger partial charge < -0.3 is 5.32 Å². The van der Waals surface area contributed by atoms with Gasteiger partial charge in [0.25, 0.3) is 0 Å². The fourth-order valence-electron chi connectivity index (χ4n) is 4.76. The van der Waals surface area contributed by atoms with Crippen molar-refractivity contribution in [3.63, 3.8) is 0 Å². The molecule has 0 saturated heterocycles. The first kappa shape index (κ1) is 20.9. The van der Waals surface area contributed by atoms with Crippen LogP contribution in [0.25, 0.3) is 44.2 Å². The molecule has 0 aliphatic rings. The molecule has 1 heteroatoms. The zero-order chi connectivity index (χ0) is 23.5. The lowest BCUT2D eigenvalue weighted by atomic mass is 9.92. The van der Waals surface area contributed by atoms with Crippen LogP contribution in [0.5, 0.6) is 0 Å². The number of rotatable bonds is 5. The van der Waals surface area contributed by atoms with Crippen LogP contribution in [-0.2, 0) is 0 Å². The Kier molecular flexibility index (Phi) is 5.58. The lowest BCUT2D eigenvalue weighted by molar-refractivity contribution is 1.53. The van der Waals surface area contributed by atoms with Crippen LogP contribution < -0.4 is 5.32 Å². The van der Waals surface area contributed by atoms with E-state index in [0.717, 1.165) is 11.4 Å². The summed E-state index contributed by atoms with van der Waals surface area (Å²) in [5.74, 6) is 0. The minimum Gasteiger partial charge on any atom is -0.355 e. The summed E-state index contributed by atoms with van der Waals surface area (Å²) in [6.07, 6.45) is 0. The predicted octanol–water partition coefficient (Wildman–Crippen LogP) is 9.58. The average Bonchev–Trinajstić information content (AvgIpc) is 2.94. The van der Waals surface area contributed by atoms with Gasteiger partial charge in [0.1, 0.15) is 0 Å². The summed E-state index contributed by atoms with van der Waals surface area (Å²) < 4.78 is 0. The van der Waals surface area contributed by atoms with E-state index in [-0.39, 0.29) is 0 Å². The Labute approximate surface area is 206 Å². The van der Waals surface area contributed by atoms with Gasteiger partial charge in [0.2, 0.25) is 0 Å². The Morgan fingerprint density at radius 2 is 0.771 bits per heavy atom. The van der Waals surface area contributed by atoms with E-state index in [4.69, 9.17) is 0 Å². The summed E-state index contributed by atoms with van der Waals surface area (Å²) in [6.45, 7) is 0. The lowest BCUT2D eigenvalue weighted by Crippen LogP contribution is -1.92. The molecule has 166 valence electrons. The molecule has 1 nitrogen and oxygen atoms in total. The topological polar surface area (TPSA) is 12.0 Å². The van der Waals surface area contributed by atoms with Gasteiger partial charge in [0, 0.05) is 11.4 Å². The minimum atomic E-state index is 1.07. The largest absolute Gasteiger partial charge is 0.355 e. The highest BCUT2D eigenvalue weighted by Gasteiger charge is 2.10. The second-order valence-corrected chi connectivity index (χ2v) is 8.72. The van der Waals surface area contributed by atoms with Crippen molar-refractivity contribution in [1.29, 1.82) is 0 Å². The zero-order valence-electron chi connectivity index (χ0n) is 19.4. The second kappa shape index (κ2) is 9.32. The maximum absolute atomic E-state index is 3.61. The highest BCUT2D eigenvalue weighted by molar-refractivity contribution is 6.05. The quantitative estimate of drug-likeness (QED) is 0.277. The van der Waals surface area contributed by atoms with Gasteiger partial charge >= 0.3 is 0 Å². The van der Waals surface area contributed by atoms with Crippen LogP contribution in [0.1, 0.15) is 0 Å². The van der Waals surface area contributed by atoms with E-state index in [2.05, 4.69) is 145 Å². The molecule has 0 heterocycles. The van der Waals surface area contributed by atoms with E-state index in [1.54, 1.807) is 0 Å². The predicted molar refractivity (Wildman–Crippen MR) is 150 cm³/mol. The minimum absolute atomic E-state index is 1.07. The first-order valence-electron chi connectivity index (χ1n) is 12.0. The highest BCUT2D eigenvalue weighted by Crippen LogP contribution is 2.36. The molecule has 6 aromatic rings. The molecule has 0 amide bonds. The number of fused-ring (bicyclic) bond motifs is 1. The van der Waals surface area contributed by atoms with Gasteiger partial charge in [-0.25, -0.2) is 0 Å². The maximum Gasteiger partial charge on any atom is 0.0390 e. The number of hydrogen-bond donors (Lipinski definition) is 1. The first-order chi connectivity index (χ1) is 17.3. The number of anilines is 2. The van der Waals surface area contributed by atoms with Crippen molar-refractivity contribution >= 4 is 22.1 Å². The molecule has 1 N–H and O–H groups in total. The van der Waals surface area contributed by atoms with Crippen molar-refractivity contribution in [2.45, 2.75) is 0 Å². The normalized spacial score (nSPS) is 10.9. The van der Waals surface area contributed by atoms with E-state index in [0.29, 0.717) is 0 Å². The lowest BCUT2D eigenvalue weighted by Gasteiger charge is -2.14. The summed E-state index contributed by atoms with van der Waals surface area (Å²) in [5, 5.41) is 6.14. The van der Waals surface area contributed by atoms with Crippen LogP contribution >= 0.6 is 0 Å². The molecule has 0 spiro atoms. The third kappa shape index (κ3) is 4.32. The molecule has 6 aromatic carbocycles. The SMILES string of the molecule is c1ccc(-c2cccc(Nc3cccc(-c4ccc(-c5ccccc5)c5ccccc45)c3)c2)cc1. The van der Waals surface area contributed by atoms with Crippen LogP contribution in [0.15, 0.2) is 146 Å². The Morgan fingerprint density at radius 3 is 1.40 bits per heavy atom. The molecule has 6 rings (SSSR count). The smallest absolute Gasteiger partial charge is 0.0390 e. The van der Waals surface area contributed by atoms with Crippen molar-refractivity contribution in [2.75, 3.05) is 5.32 Å². The molecule has 0 aliphatic carbocycles. The van der Waals surface area contributed by atoms with E-state index in [9.17, 15) is 0 Å². The summed E-state index contributed by atoms with van der Waals surface area (Å²) >= 11 is 0. The van der Waals surface area contributed by atoms with Crippen LogP contribution in [0.2, 0.25) is 0 Å². The number of nitrogens with one attached hydrogen (secondary N) is 1. The molecule has 0 aromatic heterocycles. The van der Waals surface area contributed by atoms with Crippen molar-refractivity contribution < 1.29 is 0 Å². The molecule has 0 fully saturated rings. The van der Waals surface area contributed by atoms with Crippen LogP contribution in [-0.4, -0.2) is 0 Å². The Hall–Kier alpha value is -4.62. The monoisotopic (exact) mass is 447 g/mol. The standard InChI is InChI=1S/C34H25N/c1-3-11-25(12-4-1)27-15-9-17-29(23-27)35-30-18-10-16-28(24-30)32-22-21-31(26-13-5-2-6-14-26)33-19-7-8-20-34(32)33/h1-24,35H. The molecule has 35 heavy (non-hydrogen) atoms. The Bertz CT molecular complexity index is 1600. The molecule has 0 atom stereocenters. The van der Waals surface area contributed by atoms with E-state index in [1.807, 2.05) is 6.07 Å². The summed E-state index contributed by atoms with van der Waals surface area (Å²) in [4.78, 5) is 0. The molecular formula is C34H25N. The summed E-state index contributed by atoms with van der Waals surface area (Å²) in [6, 6.07) is 51.5. The molecule has 0 saturated carbocycles. The van der Waals surface area contributed by atoms with Gasteiger partial charge in [-0.05, 0) is 68.4 Å². The van der Waals surface area contributed by atoms with Crippen molar-refractivity contribution in [3.8, 4) is 33.4 Å². The van der Waals surface area contributed by atoms with Gasteiger partial charge in [-0.1, -0.05) is 121 Å². The van der Waals surface area contributed by atoms with Crippen LogP contribution in [0.4, 0.5) is 11.4 Å². The molecular weight excluding hydrogens is 422 g/mol. The van der Waals surface area contributed by atoms with Gasteiger partial charge in [-0.2, -0.15) is 0 Å². The van der Waals surface area contributed by atoms with Gasteiger partial charge in [-0.15, -0.1) is 0 Å². The average molecular weight is 448 g/mol. The summed E-state index contributed by atoms with van der Waals surface area (Å²) in [5.41, 5.74) is 9.51. The third-order valence-corrected chi connectivity index (χ3v) is 6.44. The van der Waals surface area contributed by atoms with Gasteiger partial charge in [-0.3, -0.25) is 0 Å². The van der Waals surface area contributed by atoms with Crippen molar-refractivity contribution in [1.82, 2.24) is 0 Å². The summed E-state index contributed by atoms with van der Waals surface area (Å²) in [7, 11) is 0. The van der Waals surface area contributed by atoms with Crippen molar-refractivity contribution in [2.24, 2.45) is 0 Å².